The van der Waals surface area contributed by atoms with Crippen molar-refractivity contribution < 1.29 is 62.7 Å². The molecule has 60 heavy (non-hydrogen) atoms. The van der Waals surface area contributed by atoms with Gasteiger partial charge in [0.2, 0.25) is 23.6 Å². The van der Waals surface area contributed by atoms with E-state index >= 15 is 0 Å². The van der Waals surface area contributed by atoms with E-state index in [0.29, 0.717) is 32.2 Å². The second-order valence-corrected chi connectivity index (χ2v) is 14.7. The fourth-order valence-corrected chi connectivity index (χ4v) is 5.83. The molecule has 0 rings (SSSR count). The van der Waals surface area contributed by atoms with Crippen LogP contribution in [0.15, 0.2) is 0 Å². The van der Waals surface area contributed by atoms with Gasteiger partial charge in [-0.2, -0.15) is 0 Å². The topological polar surface area (TPSA) is 271 Å². The Balaban J connectivity index is 3.65. The van der Waals surface area contributed by atoms with Gasteiger partial charge in [0.25, 0.3) is 0 Å². The lowest BCUT2D eigenvalue weighted by Crippen LogP contribution is -2.41. The van der Waals surface area contributed by atoms with Crippen LogP contribution in [0.5, 0.6) is 0 Å². The van der Waals surface area contributed by atoms with Crippen molar-refractivity contribution in [3.63, 3.8) is 0 Å². The highest BCUT2D eigenvalue weighted by Gasteiger charge is 2.21. The molecule has 2 atom stereocenters. The van der Waals surface area contributed by atoms with Crippen LogP contribution in [-0.2, 0) is 52.5 Å². The Labute approximate surface area is 357 Å². The molecule has 0 unspecified atom stereocenters. The Bertz CT molecular complexity index is 1180. The van der Waals surface area contributed by atoms with Crippen molar-refractivity contribution in [3.05, 3.63) is 0 Å². The number of amides is 4. The summed E-state index contributed by atoms with van der Waals surface area (Å²) in [6, 6.07) is -1.82. The van der Waals surface area contributed by atoms with Crippen LogP contribution < -0.4 is 27.0 Å². The van der Waals surface area contributed by atoms with Crippen LogP contribution in [0, 0.1) is 0 Å². The number of unbranched alkanes of at least 4 members (excludes halogenated alkanes) is 14. The van der Waals surface area contributed by atoms with Crippen LogP contribution in [0.1, 0.15) is 135 Å². The van der Waals surface area contributed by atoms with Crippen LogP contribution in [0.25, 0.3) is 0 Å². The fourth-order valence-electron chi connectivity index (χ4n) is 5.83. The maximum Gasteiger partial charge on any atom is 0.326 e. The maximum absolute atomic E-state index is 12.3. The van der Waals surface area contributed by atoms with Crippen LogP contribution in [0.4, 0.5) is 0 Å². The molecule has 0 aliphatic heterocycles. The zero-order valence-corrected chi connectivity index (χ0v) is 35.8. The average Bonchev–Trinajstić information content (AvgIpc) is 3.20. The number of aliphatic carboxylic acids is 2. The number of ether oxygens (including phenoxy) is 4. The van der Waals surface area contributed by atoms with Crippen molar-refractivity contribution in [3.8, 4) is 0 Å². The lowest BCUT2D eigenvalue weighted by Gasteiger charge is -2.14. The molecule has 0 aromatic carbocycles. The minimum Gasteiger partial charge on any atom is -0.481 e. The molecule has 0 saturated carbocycles. The third kappa shape index (κ3) is 39.8. The first kappa shape index (κ1) is 56.4. The van der Waals surface area contributed by atoms with E-state index in [9.17, 15) is 38.7 Å². The minimum absolute atomic E-state index is 0.0295. The molecule has 4 amide bonds. The number of nitrogens with two attached hydrogens (primary N) is 1. The van der Waals surface area contributed by atoms with Crippen molar-refractivity contribution in [2.75, 3.05) is 72.5 Å². The highest BCUT2D eigenvalue weighted by Crippen LogP contribution is 2.14. The quantitative estimate of drug-likeness (QED) is 0.0343. The highest BCUT2D eigenvalue weighted by atomic mass is 16.5. The van der Waals surface area contributed by atoms with Gasteiger partial charge in [0.05, 0.1) is 51.4 Å². The average molecular weight is 856 g/mol. The van der Waals surface area contributed by atoms with E-state index in [4.69, 9.17) is 37.6 Å². The van der Waals surface area contributed by atoms with Gasteiger partial charge in [-0.05, 0) is 38.5 Å². The van der Waals surface area contributed by atoms with Crippen LogP contribution in [-0.4, -0.2) is 144 Å². The standard InChI is InChI=1S/C41H74BN5O13/c42-40(54)33(43)17-15-16-22-44-37(50)31-59-29-28-58-26-24-46-38(51)32-60-30-27-57-25-23-45-35(48)21-20-34(41(55)56)47-36(49)18-13-11-9-7-5-3-1-2-4-6-8-10-12-14-19-39(52)53/h33-34H,1-32,43H2,(H,44,50)(H,45,48)(H,46,51)(H,47,49)(H,52,53)(H,55,56)/t33-,34-/m0/s1. The normalized spacial score (nSPS) is 12.0. The molecule has 0 bridgehead atoms. The number of rotatable bonds is 44. The maximum atomic E-state index is 12.3. The van der Waals surface area contributed by atoms with Crippen molar-refractivity contribution in [1.82, 2.24) is 21.3 Å². The third-order valence-electron chi connectivity index (χ3n) is 9.31. The van der Waals surface area contributed by atoms with E-state index in [2.05, 4.69) is 21.3 Å². The van der Waals surface area contributed by atoms with Gasteiger partial charge < -0.3 is 61.0 Å². The Kier molecular flexibility index (Phi) is 38.3. The predicted octanol–water partition coefficient (Wildman–Crippen LogP) is 2.27. The number of carbonyl (C=O) groups is 7. The summed E-state index contributed by atoms with van der Waals surface area (Å²) in [4.78, 5) is 81.2. The molecule has 0 aromatic heterocycles. The van der Waals surface area contributed by atoms with Crippen LogP contribution in [0.3, 0.4) is 0 Å². The zero-order chi connectivity index (χ0) is 44.5. The van der Waals surface area contributed by atoms with E-state index in [1.807, 2.05) is 0 Å². The molecule has 18 nitrogen and oxygen atoms in total. The lowest BCUT2D eigenvalue weighted by atomic mass is 9.92. The molecular formula is C41H74BN5O13. The van der Waals surface area contributed by atoms with Gasteiger partial charge in [0, 0.05) is 38.9 Å². The van der Waals surface area contributed by atoms with E-state index in [-0.39, 0.29) is 115 Å². The van der Waals surface area contributed by atoms with Gasteiger partial charge in [-0.15, -0.1) is 0 Å². The molecule has 0 aromatic rings. The van der Waals surface area contributed by atoms with Gasteiger partial charge in [-0.25, -0.2) is 4.79 Å². The lowest BCUT2D eigenvalue weighted by molar-refractivity contribution is -0.142. The Morgan fingerprint density at radius 3 is 1.37 bits per heavy atom. The minimum atomic E-state index is -1.19. The van der Waals surface area contributed by atoms with Crippen molar-refractivity contribution in [2.45, 2.75) is 147 Å². The van der Waals surface area contributed by atoms with Crippen molar-refractivity contribution in [2.24, 2.45) is 5.73 Å². The number of hydrogen-bond acceptors (Lipinski definition) is 12. The van der Waals surface area contributed by atoms with E-state index < -0.39 is 29.7 Å². The molecule has 0 heterocycles. The number of carboxylic acids is 2. The SMILES string of the molecule is [B]C(=O)[C@@H](N)CCCCNC(=O)COCCOCCNC(=O)COCCOCCNC(=O)CC[C@H](NC(=O)CCCCCCCCCCCCCCCCC(=O)O)C(=O)O. The monoisotopic (exact) mass is 856 g/mol. The van der Waals surface area contributed by atoms with Gasteiger partial charge >= 0.3 is 11.9 Å². The van der Waals surface area contributed by atoms with Crippen molar-refractivity contribution in [1.29, 1.82) is 0 Å². The molecule has 2 radical (unpaired) electrons. The molecule has 0 saturated heterocycles. The summed E-state index contributed by atoms with van der Waals surface area (Å²) in [5.74, 6) is -3.18. The molecule has 0 spiro atoms. The second-order valence-electron chi connectivity index (χ2n) is 14.7. The van der Waals surface area contributed by atoms with Gasteiger partial charge in [-0.1, -0.05) is 77.0 Å². The summed E-state index contributed by atoms with van der Waals surface area (Å²) in [6.45, 7) is 1.90. The predicted molar refractivity (Wildman–Crippen MR) is 225 cm³/mol. The first-order valence-corrected chi connectivity index (χ1v) is 21.8. The molecule has 344 valence electrons. The Hall–Kier alpha value is -3.65. The first-order chi connectivity index (χ1) is 28.9. The highest BCUT2D eigenvalue weighted by molar-refractivity contribution is 6.59. The van der Waals surface area contributed by atoms with E-state index in [1.165, 1.54) is 44.9 Å². The molecule has 8 N–H and O–H groups in total. The first-order valence-electron chi connectivity index (χ1n) is 21.8. The van der Waals surface area contributed by atoms with E-state index in [0.717, 1.165) is 38.5 Å². The molecule has 0 aliphatic carbocycles. The second kappa shape index (κ2) is 40.7. The number of carbonyl (C=O) groups excluding carboxylic acids is 5. The smallest absolute Gasteiger partial charge is 0.326 e. The molecular weight excluding hydrogens is 781 g/mol. The summed E-state index contributed by atoms with van der Waals surface area (Å²) in [5.41, 5.74) is 5.00. The summed E-state index contributed by atoms with van der Waals surface area (Å²) < 4.78 is 21.3. The molecule has 0 aliphatic rings. The summed E-state index contributed by atoms with van der Waals surface area (Å²) in [6.07, 6.45) is 17.3. The number of nitrogens with one attached hydrogen (secondary N) is 4. The van der Waals surface area contributed by atoms with Crippen molar-refractivity contribution >= 4 is 49.1 Å². The van der Waals surface area contributed by atoms with Gasteiger partial charge in [0.15, 0.2) is 7.85 Å². The largest absolute Gasteiger partial charge is 0.481 e. The summed E-state index contributed by atoms with van der Waals surface area (Å²) in [5, 5.41) is 28.7. The molecule has 19 heteroatoms. The third-order valence-corrected chi connectivity index (χ3v) is 9.31. The van der Waals surface area contributed by atoms with Gasteiger partial charge in [-0.3, -0.25) is 24.0 Å². The summed E-state index contributed by atoms with van der Waals surface area (Å²) in [7, 11) is 5.10. The fraction of sp³-hybridized carbons (Fsp3) is 0.829. The Morgan fingerprint density at radius 2 is 0.900 bits per heavy atom. The van der Waals surface area contributed by atoms with E-state index in [1.54, 1.807) is 0 Å². The van der Waals surface area contributed by atoms with Crippen LogP contribution in [0.2, 0.25) is 0 Å². The summed E-state index contributed by atoms with van der Waals surface area (Å²) >= 11 is 0. The Morgan fingerprint density at radius 1 is 0.467 bits per heavy atom. The molecule has 0 fully saturated rings. The van der Waals surface area contributed by atoms with Crippen LogP contribution >= 0.6 is 0 Å². The number of carboxylic acid groups (broad SMARTS) is 2. The number of hydrogen-bond donors (Lipinski definition) is 7. The van der Waals surface area contributed by atoms with Gasteiger partial charge in [0.1, 0.15) is 19.3 Å². The zero-order valence-electron chi connectivity index (χ0n) is 35.8.